The van der Waals surface area contributed by atoms with Gasteiger partial charge < -0.3 is 28.5 Å². The van der Waals surface area contributed by atoms with Crippen LogP contribution in [-0.4, -0.2) is 87.4 Å². The molecule has 0 saturated heterocycles. The number of nitrogens with zero attached hydrogens (tertiary/aromatic N) is 1. The Labute approximate surface area is 493 Å². The maximum atomic E-state index is 12.9. The van der Waals surface area contributed by atoms with Gasteiger partial charge in [0.05, 0.1) is 34.4 Å². The summed E-state index contributed by atoms with van der Waals surface area (Å²) in [7, 11) is 5.97. The zero-order chi connectivity index (χ0) is 58.3. The third-order valence-electron chi connectivity index (χ3n) is 14.4. The molecular formula is C71H126NO8+. The fourth-order valence-corrected chi connectivity index (χ4v) is 9.31. The van der Waals surface area contributed by atoms with Gasteiger partial charge in [-0.3, -0.25) is 9.59 Å². The summed E-state index contributed by atoms with van der Waals surface area (Å²) in [5.41, 5.74) is 0. The largest absolute Gasteiger partial charge is 0.477 e. The van der Waals surface area contributed by atoms with Crippen molar-refractivity contribution in [3.8, 4) is 0 Å². The highest BCUT2D eigenvalue weighted by Crippen LogP contribution is 2.17. The number of ether oxygens (including phenoxy) is 4. The summed E-state index contributed by atoms with van der Waals surface area (Å²) in [5, 5.41) is 9.72. The molecule has 462 valence electrons. The van der Waals surface area contributed by atoms with E-state index in [1.165, 1.54) is 173 Å². The van der Waals surface area contributed by atoms with Gasteiger partial charge >= 0.3 is 17.9 Å². The van der Waals surface area contributed by atoms with Gasteiger partial charge in [-0.1, -0.05) is 272 Å². The summed E-state index contributed by atoms with van der Waals surface area (Å²) < 4.78 is 22.9. The lowest BCUT2D eigenvalue weighted by atomic mass is 10.0. The number of allylic oxidation sites excluding steroid dienone is 14. The van der Waals surface area contributed by atoms with Crippen LogP contribution in [0.15, 0.2) is 85.1 Å². The monoisotopic (exact) mass is 1120 g/mol. The maximum absolute atomic E-state index is 12.9. The molecule has 0 saturated carbocycles. The highest BCUT2D eigenvalue weighted by Gasteiger charge is 2.25. The van der Waals surface area contributed by atoms with Crippen molar-refractivity contribution in [2.24, 2.45) is 0 Å². The molecule has 0 aliphatic rings. The second-order valence-corrected chi connectivity index (χ2v) is 23.4. The molecule has 9 nitrogen and oxygen atoms in total. The Morgan fingerprint density at radius 3 is 1.06 bits per heavy atom. The fourth-order valence-electron chi connectivity index (χ4n) is 9.31. The number of likely N-dealkylation sites (N-methyl/N-ethyl adjacent to an activating group) is 1. The molecule has 0 aliphatic heterocycles. The number of unbranched alkanes of at least 4 members (excludes halogenated alkanes) is 32. The molecular weight excluding hydrogens is 995 g/mol. The maximum Gasteiger partial charge on any atom is 0.361 e. The van der Waals surface area contributed by atoms with Crippen molar-refractivity contribution in [3.05, 3.63) is 85.1 Å². The number of carbonyl (C=O) groups excluding carboxylic acids is 2. The van der Waals surface area contributed by atoms with E-state index in [2.05, 4.69) is 98.9 Å². The predicted molar refractivity (Wildman–Crippen MR) is 341 cm³/mol. The Bertz CT molecular complexity index is 1590. The predicted octanol–water partition coefficient (Wildman–Crippen LogP) is 20.3. The summed E-state index contributed by atoms with van der Waals surface area (Å²) >= 11 is 0. The van der Waals surface area contributed by atoms with Gasteiger partial charge in [-0.05, 0) is 89.9 Å². The van der Waals surface area contributed by atoms with Crippen LogP contribution in [0.25, 0.3) is 0 Å². The average molecular weight is 1120 g/mol. The Balaban J connectivity index is 4.05. The topological polar surface area (TPSA) is 108 Å². The lowest BCUT2D eigenvalue weighted by molar-refractivity contribution is -0.870. The standard InChI is InChI=1S/C71H125NO8/c1-6-8-10-12-14-16-18-20-22-24-26-27-28-29-30-31-32-33-34-35-36-37-38-39-40-41-42-43-44-46-48-50-52-54-56-58-60-62-69(74)80-67(66-79-71(70(75)76)77-64-63-72(3,4)5)65-78-68(73)61-59-57-55-53-51-49-47-45-25-23-21-19-17-15-13-11-9-7-2/h8,10,14,16-17,19-20,22-23,25-27,29-30,67,71H,6-7,9,11-13,15,18,21,24,28,31-66H2,1-5H3/p+1/b10-8-,16-14-,19-17-,22-20-,25-23-,27-26-,30-29-. The van der Waals surface area contributed by atoms with E-state index in [1.54, 1.807) is 0 Å². The summed E-state index contributed by atoms with van der Waals surface area (Å²) in [6.45, 7) is 4.76. The summed E-state index contributed by atoms with van der Waals surface area (Å²) in [4.78, 5) is 37.5. The van der Waals surface area contributed by atoms with E-state index >= 15 is 0 Å². The van der Waals surface area contributed by atoms with Gasteiger partial charge in [-0.15, -0.1) is 0 Å². The second-order valence-electron chi connectivity index (χ2n) is 23.4. The average Bonchev–Trinajstić information content (AvgIpc) is 3.43. The fraction of sp³-hybridized carbons (Fsp3) is 0.761. The van der Waals surface area contributed by atoms with Crippen molar-refractivity contribution in [3.63, 3.8) is 0 Å². The van der Waals surface area contributed by atoms with Gasteiger partial charge in [-0.2, -0.15) is 0 Å². The third-order valence-corrected chi connectivity index (χ3v) is 14.4. The van der Waals surface area contributed by atoms with E-state index in [9.17, 15) is 19.5 Å². The number of carboxylic acids is 1. The van der Waals surface area contributed by atoms with Gasteiger partial charge in [-0.25, -0.2) is 4.79 Å². The van der Waals surface area contributed by atoms with E-state index in [0.717, 1.165) is 89.9 Å². The number of carbonyl (C=O) groups is 3. The first-order chi connectivity index (χ1) is 39.1. The number of hydrogen-bond acceptors (Lipinski definition) is 7. The molecule has 2 unspecified atom stereocenters. The van der Waals surface area contributed by atoms with Gasteiger partial charge in [0, 0.05) is 12.8 Å². The molecule has 9 heteroatoms. The van der Waals surface area contributed by atoms with E-state index in [4.69, 9.17) is 18.9 Å². The van der Waals surface area contributed by atoms with Gasteiger partial charge in [0.2, 0.25) is 0 Å². The number of rotatable bonds is 61. The Morgan fingerprint density at radius 1 is 0.388 bits per heavy atom. The van der Waals surface area contributed by atoms with Crippen LogP contribution in [0.5, 0.6) is 0 Å². The number of quaternary nitrogens is 1. The Hall–Kier alpha value is -3.53. The number of esters is 2. The molecule has 0 fully saturated rings. The minimum atomic E-state index is -1.51. The molecule has 0 radical (unpaired) electrons. The normalized spacial score (nSPS) is 13.3. The van der Waals surface area contributed by atoms with Crippen molar-refractivity contribution in [2.45, 2.75) is 302 Å². The molecule has 0 aromatic carbocycles. The zero-order valence-corrected chi connectivity index (χ0v) is 52.7. The number of hydrogen-bond donors (Lipinski definition) is 1. The molecule has 1 N–H and O–H groups in total. The number of aliphatic carboxylic acids is 1. The van der Waals surface area contributed by atoms with Crippen molar-refractivity contribution < 1.29 is 42.9 Å². The van der Waals surface area contributed by atoms with E-state index in [-0.39, 0.29) is 32.2 Å². The van der Waals surface area contributed by atoms with E-state index in [1.807, 2.05) is 21.1 Å². The smallest absolute Gasteiger partial charge is 0.361 e. The summed E-state index contributed by atoms with van der Waals surface area (Å²) in [6, 6.07) is 0. The second kappa shape index (κ2) is 61.5. The van der Waals surface area contributed by atoms with Gasteiger partial charge in [0.15, 0.2) is 6.10 Å². The highest BCUT2D eigenvalue weighted by molar-refractivity contribution is 5.71. The first kappa shape index (κ1) is 76.5. The van der Waals surface area contributed by atoms with Crippen molar-refractivity contribution >= 4 is 17.9 Å². The van der Waals surface area contributed by atoms with Crippen LogP contribution in [0.1, 0.15) is 290 Å². The molecule has 0 spiro atoms. The van der Waals surface area contributed by atoms with Crippen molar-refractivity contribution in [2.75, 3.05) is 47.5 Å². The molecule has 0 amide bonds. The Kier molecular flexibility index (Phi) is 58.8. The summed E-state index contributed by atoms with van der Waals surface area (Å²) in [5.74, 6) is -2.00. The first-order valence-electron chi connectivity index (χ1n) is 33.3. The van der Waals surface area contributed by atoms with Crippen LogP contribution >= 0.6 is 0 Å². The van der Waals surface area contributed by atoms with Crippen molar-refractivity contribution in [1.82, 2.24) is 0 Å². The molecule has 0 aromatic rings. The van der Waals surface area contributed by atoms with Gasteiger partial charge in [0.1, 0.15) is 13.2 Å². The van der Waals surface area contributed by atoms with Crippen molar-refractivity contribution in [1.29, 1.82) is 0 Å². The van der Waals surface area contributed by atoms with Gasteiger partial charge in [0.25, 0.3) is 6.29 Å². The van der Waals surface area contributed by atoms with Crippen LogP contribution in [-0.2, 0) is 33.3 Å². The van der Waals surface area contributed by atoms with Crippen LogP contribution < -0.4 is 0 Å². The van der Waals surface area contributed by atoms with Crippen LogP contribution in [0.4, 0.5) is 0 Å². The van der Waals surface area contributed by atoms with Crippen LogP contribution in [0.2, 0.25) is 0 Å². The minimum absolute atomic E-state index is 0.185. The lowest BCUT2D eigenvalue weighted by Crippen LogP contribution is -2.40. The highest BCUT2D eigenvalue weighted by atomic mass is 16.7. The van der Waals surface area contributed by atoms with E-state index in [0.29, 0.717) is 17.4 Å². The minimum Gasteiger partial charge on any atom is -0.477 e. The molecule has 0 aromatic heterocycles. The lowest BCUT2D eigenvalue weighted by Gasteiger charge is -2.25. The number of carboxylic acid groups (broad SMARTS) is 1. The quantitative estimate of drug-likeness (QED) is 0.0211. The molecule has 0 rings (SSSR count). The third kappa shape index (κ3) is 62.1. The SMILES string of the molecule is CC/C=C\C/C=C\C/C=C\C/C=C\C/C=C\CCCCCCCCCCCCCCCCCCCCCCCC(=O)OC(COC(=O)CCCCCCCCC/C=C\C/C=C\CCCCCC)COC(OCC[N+](C)(C)C)C(=O)O. The molecule has 0 bridgehead atoms. The zero-order valence-electron chi connectivity index (χ0n) is 52.7. The molecule has 2 atom stereocenters. The first-order valence-corrected chi connectivity index (χ1v) is 33.3. The molecule has 0 heterocycles. The Morgan fingerprint density at radius 2 is 0.713 bits per heavy atom. The van der Waals surface area contributed by atoms with Crippen LogP contribution in [0, 0.1) is 0 Å². The molecule has 80 heavy (non-hydrogen) atoms. The van der Waals surface area contributed by atoms with E-state index < -0.39 is 24.3 Å². The van der Waals surface area contributed by atoms with Crippen LogP contribution in [0.3, 0.4) is 0 Å². The molecule has 0 aliphatic carbocycles. The summed E-state index contributed by atoms with van der Waals surface area (Å²) in [6.07, 6.45) is 79.8.